The number of nitrogens with one attached hydrogen (secondary N) is 1. The summed E-state index contributed by atoms with van der Waals surface area (Å²) in [5.41, 5.74) is -0.282. The molecule has 0 fully saturated rings. The van der Waals surface area contributed by atoms with Gasteiger partial charge in [0.05, 0.1) is 16.9 Å². The van der Waals surface area contributed by atoms with E-state index >= 15 is 0 Å². The minimum atomic E-state index is -3.64. The summed E-state index contributed by atoms with van der Waals surface area (Å²) in [4.78, 5) is 22.7. The van der Waals surface area contributed by atoms with Crippen molar-refractivity contribution in [2.24, 2.45) is 5.41 Å². The van der Waals surface area contributed by atoms with Crippen LogP contribution in [0.5, 0.6) is 0 Å². The number of hydrogen-bond donors (Lipinski definition) is 1. The predicted molar refractivity (Wildman–Crippen MR) is 111 cm³/mol. The molecule has 0 spiro atoms. The lowest BCUT2D eigenvalue weighted by atomic mass is 9.82. The molecule has 0 saturated carbocycles. The number of nitrogens with zero attached hydrogens (tertiary/aromatic N) is 2. The first-order valence-corrected chi connectivity index (χ1v) is 11.0. The summed E-state index contributed by atoms with van der Waals surface area (Å²) in [6, 6.07) is 5.45. The highest BCUT2D eigenvalue weighted by Gasteiger charge is 2.27. The van der Waals surface area contributed by atoms with Gasteiger partial charge in [-0.2, -0.15) is 0 Å². The molecule has 0 radical (unpaired) electrons. The van der Waals surface area contributed by atoms with Crippen LogP contribution in [0.3, 0.4) is 0 Å². The molecular weight excluding hydrogens is 382 g/mol. The molecule has 1 aromatic carbocycles. The Balaban J connectivity index is 2.77. The number of hydrogen-bond acceptors (Lipinski definition) is 5. The molecule has 0 unspecified atom stereocenters. The van der Waals surface area contributed by atoms with E-state index in [-0.39, 0.29) is 41.2 Å². The summed E-state index contributed by atoms with van der Waals surface area (Å²) in [5, 5.41) is 13.9. The molecule has 0 heterocycles. The maximum absolute atomic E-state index is 12.3. The normalized spacial score (nSPS) is 12.5. The van der Waals surface area contributed by atoms with Gasteiger partial charge in [-0.1, -0.05) is 26.8 Å². The van der Waals surface area contributed by atoms with Crippen molar-refractivity contribution in [2.75, 3.05) is 17.1 Å². The third kappa shape index (κ3) is 8.24. The predicted octanol–water partition coefficient (Wildman–Crippen LogP) is 3.47. The van der Waals surface area contributed by atoms with Crippen molar-refractivity contribution in [2.45, 2.75) is 59.4 Å². The van der Waals surface area contributed by atoms with E-state index in [4.69, 9.17) is 0 Å². The van der Waals surface area contributed by atoms with Gasteiger partial charge in [0.15, 0.2) is 0 Å². The third-order valence-corrected chi connectivity index (χ3v) is 5.14. The maximum Gasteiger partial charge on any atom is 0.271 e. The Morgan fingerprint density at radius 2 is 1.82 bits per heavy atom. The molecule has 1 rings (SSSR count). The number of anilines is 1. The molecule has 1 N–H and O–H groups in total. The number of sulfonamides is 1. The van der Waals surface area contributed by atoms with Gasteiger partial charge in [-0.3, -0.25) is 19.2 Å². The van der Waals surface area contributed by atoms with Crippen LogP contribution in [0.25, 0.3) is 0 Å². The Morgan fingerprint density at radius 3 is 2.32 bits per heavy atom. The first-order valence-electron chi connectivity index (χ1n) is 9.14. The molecule has 0 aromatic heterocycles. The minimum Gasteiger partial charge on any atom is -0.351 e. The van der Waals surface area contributed by atoms with E-state index < -0.39 is 14.9 Å². The number of carbonyl (C=O) groups excluding carboxylic acids is 1. The number of non-ortho nitro benzene ring substituents is 1. The lowest BCUT2D eigenvalue weighted by Crippen LogP contribution is -2.46. The second kappa shape index (κ2) is 8.89. The fourth-order valence-electron chi connectivity index (χ4n) is 3.44. The molecule has 0 saturated heterocycles. The minimum absolute atomic E-state index is 0.0614. The zero-order valence-electron chi connectivity index (χ0n) is 17.5. The molecule has 0 aliphatic rings. The molecule has 9 heteroatoms. The van der Waals surface area contributed by atoms with Crippen LogP contribution in [0.2, 0.25) is 0 Å². The van der Waals surface area contributed by atoms with Crippen LogP contribution in [-0.4, -0.2) is 37.6 Å². The summed E-state index contributed by atoms with van der Waals surface area (Å²) in [6.07, 6.45) is 2.30. The quantitative estimate of drug-likeness (QED) is 0.492. The second-order valence-electron chi connectivity index (χ2n) is 8.89. The fourth-order valence-corrected chi connectivity index (χ4v) is 4.40. The van der Waals surface area contributed by atoms with E-state index in [0.717, 1.165) is 17.0 Å². The van der Waals surface area contributed by atoms with E-state index in [1.165, 1.54) is 24.3 Å². The summed E-state index contributed by atoms with van der Waals surface area (Å²) < 4.78 is 25.4. The van der Waals surface area contributed by atoms with Crippen molar-refractivity contribution >= 4 is 27.3 Å². The molecule has 158 valence electrons. The summed E-state index contributed by atoms with van der Waals surface area (Å²) in [6.45, 7) is 10.3. The van der Waals surface area contributed by atoms with E-state index in [0.29, 0.717) is 6.42 Å². The smallest absolute Gasteiger partial charge is 0.271 e. The van der Waals surface area contributed by atoms with Gasteiger partial charge < -0.3 is 5.32 Å². The Kier molecular flexibility index (Phi) is 7.59. The Labute approximate surface area is 167 Å². The molecule has 0 atom stereocenters. The maximum atomic E-state index is 12.3. The van der Waals surface area contributed by atoms with E-state index in [1.54, 1.807) is 0 Å². The molecule has 28 heavy (non-hydrogen) atoms. The summed E-state index contributed by atoms with van der Waals surface area (Å²) >= 11 is 0. The number of nitro benzene ring substituents is 1. The molecular formula is C19H31N3O5S. The van der Waals surface area contributed by atoms with Gasteiger partial charge in [-0.05, 0) is 38.2 Å². The van der Waals surface area contributed by atoms with Crippen LogP contribution in [0.1, 0.15) is 53.9 Å². The van der Waals surface area contributed by atoms with Crippen molar-refractivity contribution in [3.05, 3.63) is 34.4 Å². The topological polar surface area (TPSA) is 110 Å². The van der Waals surface area contributed by atoms with Crippen molar-refractivity contribution in [3.8, 4) is 0 Å². The van der Waals surface area contributed by atoms with Gasteiger partial charge in [0.2, 0.25) is 15.9 Å². The van der Waals surface area contributed by atoms with Crippen LogP contribution < -0.4 is 9.62 Å². The average molecular weight is 414 g/mol. The average Bonchev–Trinajstić information content (AvgIpc) is 2.47. The van der Waals surface area contributed by atoms with E-state index in [9.17, 15) is 23.3 Å². The number of amides is 1. The molecule has 0 aliphatic carbocycles. The van der Waals surface area contributed by atoms with Crippen molar-refractivity contribution in [1.29, 1.82) is 0 Å². The molecule has 0 bridgehead atoms. The second-order valence-corrected chi connectivity index (χ2v) is 10.8. The largest absolute Gasteiger partial charge is 0.351 e. The standard InChI is InChI=1S/C19H31N3O5S/c1-18(2,3)14-19(4,5)20-17(23)11-8-12-21(28(6,26)27)15-9-7-10-16(13-15)22(24)25/h7,9-10,13H,8,11-12,14H2,1-6H3,(H,20,23). The van der Waals surface area contributed by atoms with Crippen LogP contribution in [0, 0.1) is 15.5 Å². The number of benzene rings is 1. The summed E-state index contributed by atoms with van der Waals surface area (Å²) in [7, 11) is -3.64. The zero-order valence-corrected chi connectivity index (χ0v) is 18.3. The van der Waals surface area contributed by atoms with Gasteiger partial charge in [0.1, 0.15) is 0 Å². The molecule has 8 nitrogen and oxygen atoms in total. The third-order valence-electron chi connectivity index (χ3n) is 3.94. The molecule has 1 amide bonds. The lowest BCUT2D eigenvalue weighted by Gasteiger charge is -2.33. The van der Waals surface area contributed by atoms with E-state index in [2.05, 4.69) is 26.1 Å². The highest BCUT2D eigenvalue weighted by Crippen LogP contribution is 2.27. The van der Waals surface area contributed by atoms with Crippen molar-refractivity contribution < 1.29 is 18.1 Å². The fraction of sp³-hybridized carbons (Fsp3) is 0.632. The van der Waals surface area contributed by atoms with Crippen LogP contribution in [0.15, 0.2) is 24.3 Å². The summed E-state index contributed by atoms with van der Waals surface area (Å²) in [5.74, 6) is -0.151. The monoisotopic (exact) mass is 413 g/mol. The lowest BCUT2D eigenvalue weighted by molar-refractivity contribution is -0.384. The van der Waals surface area contributed by atoms with Crippen molar-refractivity contribution in [1.82, 2.24) is 5.32 Å². The van der Waals surface area contributed by atoms with Crippen LogP contribution >= 0.6 is 0 Å². The SMILES string of the molecule is CC(C)(C)CC(C)(C)NC(=O)CCCN(c1cccc([N+](=O)[O-])c1)S(C)(=O)=O. The highest BCUT2D eigenvalue weighted by atomic mass is 32.2. The van der Waals surface area contributed by atoms with Gasteiger partial charge in [0, 0.05) is 30.6 Å². The Hall–Kier alpha value is -2.16. The first kappa shape index (κ1) is 23.9. The van der Waals surface area contributed by atoms with E-state index in [1.807, 2.05) is 13.8 Å². The zero-order chi connectivity index (χ0) is 21.8. The molecule has 0 aliphatic heterocycles. The Bertz CT molecular complexity index is 813. The van der Waals surface area contributed by atoms with Gasteiger partial charge in [-0.25, -0.2) is 8.42 Å². The number of carbonyl (C=O) groups is 1. The molecule has 1 aromatic rings. The van der Waals surface area contributed by atoms with Gasteiger partial charge in [0.25, 0.3) is 5.69 Å². The van der Waals surface area contributed by atoms with Crippen LogP contribution in [-0.2, 0) is 14.8 Å². The highest BCUT2D eigenvalue weighted by molar-refractivity contribution is 7.92. The van der Waals surface area contributed by atoms with Crippen molar-refractivity contribution in [3.63, 3.8) is 0 Å². The number of nitro groups is 1. The van der Waals surface area contributed by atoms with Crippen LogP contribution in [0.4, 0.5) is 11.4 Å². The number of rotatable bonds is 9. The first-order chi connectivity index (χ1) is 12.6. The Morgan fingerprint density at radius 1 is 1.21 bits per heavy atom. The van der Waals surface area contributed by atoms with Gasteiger partial charge >= 0.3 is 0 Å². The van der Waals surface area contributed by atoms with Gasteiger partial charge in [-0.15, -0.1) is 0 Å².